The predicted octanol–water partition coefficient (Wildman–Crippen LogP) is 0.713. The van der Waals surface area contributed by atoms with Gasteiger partial charge in [-0.25, -0.2) is 4.99 Å². The van der Waals surface area contributed by atoms with Gasteiger partial charge in [-0.2, -0.15) is 4.99 Å². The van der Waals surface area contributed by atoms with Gasteiger partial charge in [0.25, 0.3) is 5.69 Å². The fourth-order valence-electron chi connectivity index (χ4n) is 1.20. The summed E-state index contributed by atoms with van der Waals surface area (Å²) in [5.74, 6) is -1.87. The van der Waals surface area contributed by atoms with Gasteiger partial charge in [0.1, 0.15) is 5.69 Å². The summed E-state index contributed by atoms with van der Waals surface area (Å²) in [5.41, 5.74) is 14.2. The van der Waals surface area contributed by atoms with Crippen molar-refractivity contribution < 1.29 is 22.8 Å². The quantitative estimate of drug-likeness (QED) is 0.323. The molecule has 0 bridgehead atoms. The van der Waals surface area contributed by atoms with E-state index >= 15 is 0 Å². The molecule has 0 unspecified atom stereocenters. The summed E-state index contributed by atoms with van der Waals surface area (Å²) in [4.78, 5) is 16.5. The van der Waals surface area contributed by atoms with Gasteiger partial charge in [0.15, 0.2) is 11.7 Å². The van der Waals surface area contributed by atoms with Gasteiger partial charge in [0.05, 0.1) is 4.92 Å². The van der Waals surface area contributed by atoms with Gasteiger partial charge < -0.3 is 21.9 Å². The maximum absolute atomic E-state index is 12.2. The van der Waals surface area contributed by atoms with E-state index in [0.717, 1.165) is 18.2 Å². The summed E-state index contributed by atoms with van der Waals surface area (Å²) < 4.78 is 40.4. The van der Waals surface area contributed by atoms with E-state index in [0.29, 0.717) is 0 Å². The molecule has 9 nitrogen and oxygen atoms in total. The lowest BCUT2D eigenvalue weighted by Gasteiger charge is -2.10. The number of nitro benzene ring substituents is 1. The van der Waals surface area contributed by atoms with Crippen molar-refractivity contribution in [2.45, 2.75) is 6.36 Å². The molecule has 0 radical (unpaired) electrons. The van der Waals surface area contributed by atoms with Crippen LogP contribution in [0.5, 0.6) is 5.75 Å². The van der Waals surface area contributed by atoms with Crippen molar-refractivity contribution in [3.8, 4) is 5.75 Å². The molecule has 0 atom stereocenters. The number of nitro groups is 1. The highest BCUT2D eigenvalue weighted by Gasteiger charge is 2.32. The number of rotatable bonds is 3. The van der Waals surface area contributed by atoms with Crippen LogP contribution in [0, 0.1) is 10.1 Å². The third kappa shape index (κ3) is 5.22. The standard InChI is InChI=1S/C9H9F3N6O3/c10-9(11,12)21-6-2-1-4(18(19)20)3-5(6)16-8(15)17-7(13)14/h1-3H,(H6,13,14,15,16,17). The first-order chi connectivity index (χ1) is 9.58. The number of aliphatic imine (C=N–C) groups is 2. The maximum Gasteiger partial charge on any atom is 0.573 e. The number of ether oxygens (including phenoxy) is 1. The number of non-ortho nitro benzene ring substituents is 1. The number of nitrogens with zero attached hydrogens (tertiary/aromatic N) is 3. The number of hydrogen-bond acceptors (Lipinski definition) is 4. The van der Waals surface area contributed by atoms with E-state index < -0.39 is 40.3 Å². The second-order valence-corrected chi connectivity index (χ2v) is 3.46. The van der Waals surface area contributed by atoms with Gasteiger partial charge in [-0.3, -0.25) is 10.1 Å². The predicted molar refractivity (Wildman–Crippen MR) is 66.9 cm³/mol. The van der Waals surface area contributed by atoms with Crippen molar-refractivity contribution in [2.24, 2.45) is 27.2 Å². The van der Waals surface area contributed by atoms with Gasteiger partial charge in [-0.15, -0.1) is 13.2 Å². The molecule has 12 heteroatoms. The van der Waals surface area contributed by atoms with E-state index in [2.05, 4.69) is 14.7 Å². The van der Waals surface area contributed by atoms with E-state index in [1.54, 1.807) is 0 Å². The van der Waals surface area contributed by atoms with Crippen LogP contribution in [0.15, 0.2) is 28.2 Å². The van der Waals surface area contributed by atoms with E-state index in [4.69, 9.17) is 17.2 Å². The summed E-state index contributed by atoms with van der Waals surface area (Å²) in [6.07, 6.45) is -5.01. The van der Waals surface area contributed by atoms with Crippen LogP contribution in [0.25, 0.3) is 0 Å². The maximum atomic E-state index is 12.2. The second-order valence-electron chi connectivity index (χ2n) is 3.46. The zero-order valence-electron chi connectivity index (χ0n) is 10.2. The van der Waals surface area contributed by atoms with E-state index in [-0.39, 0.29) is 0 Å². The minimum absolute atomic E-state index is 0.486. The lowest BCUT2D eigenvalue weighted by Crippen LogP contribution is -2.26. The number of nitrogens with two attached hydrogens (primary N) is 3. The van der Waals surface area contributed by atoms with E-state index in [9.17, 15) is 23.3 Å². The SMILES string of the molecule is NC(N)=NC(N)=Nc1cc([N+](=O)[O-])ccc1OC(F)(F)F. The Hall–Kier alpha value is -3.05. The minimum atomic E-state index is -5.01. The smallest absolute Gasteiger partial charge is 0.403 e. The average molecular weight is 306 g/mol. The summed E-state index contributed by atoms with van der Waals surface area (Å²) in [5, 5.41) is 10.6. The van der Waals surface area contributed by atoms with E-state index in [1.165, 1.54) is 0 Å². The fraction of sp³-hybridized carbons (Fsp3) is 0.111. The van der Waals surface area contributed by atoms with Gasteiger partial charge in [-0.05, 0) is 6.07 Å². The Balaban J connectivity index is 3.32. The molecule has 0 saturated heterocycles. The molecule has 0 aromatic heterocycles. The highest BCUT2D eigenvalue weighted by atomic mass is 19.4. The van der Waals surface area contributed by atoms with Crippen molar-refractivity contribution in [2.75, 3.05) is 0 Å². The van der Waals surface area contributed by atoms with Crippen LogP contribution in [0.1, 0.15) is 0 Å². The van der Waals surface area contributed by atoms with E-state index in [1.807, 2.05) is 0 Å². The highest BCUT2D eigenvalue weighted by Crippen LogP contribution is 2.35. The molecular weight excluding hydrogens is 297 g/mol. The first-order valence-electron chi connectivity index (χ1n) is 5.06. The molecule has 0 spiro atoms. The Labute approximate surface area is 115 Å². The Morgan fingerprint density at radius 1 is 1.29 bits per heavy atom. The summed E-state index contributed by atoms with van der Waals surface area (Å²) in [7, 11) is 0. The first kappa shape index (κ1) is 16.0. The normalized spacial score (nSPS) is 11.9. The Morgan fingerprint density at radius 3 is 2.38 bits per heavy atom. The van der Waals surface area contributed by atoms with Crippen molar-refractivity contribution in [1.29, 1.82) is 0 Å². The molecule has 0 aliphatic heterocycles. The number of benzene rings is 1. The van der Waals surface area contributed by atoms with Gasteiger partial charge in [0, 0.05) is 12.1 Å². The molecule has 0 amide bonds. The molecular formula is C9H9F3N6O3. The number of alkyl halides is 3. The molecule has 1 aromatic carbocycles. The third-order valence-corrected chi connectivity index (χ3v) is 1.86. The van der Waals surface area contributed by atoms with Crippen molar-refractivity contribution >= 4 is 23.3 Å². The lowest BCUT2D eigenvalue weighted by atomic mass is 10.2. The first-order valence-corrected chi connectivity index (χ1v) is 5.06. The zero-order chi connectivity index (χ0) is 16.2. The van der Waals surface area contributed by atoms with Gasteiger partial charge in [0.2, 0.25) is 5.96 Å². The van der Waals surface area contributed by atoms with Crippen LogP contribution in [0.2, 0.25) is 0 Å². The van der Waals surface area contributed by atoms with Crippen molar-refractivity contribution in [3.05, 3.63) is 28.3 Å². The van der Waals surface area contributed by atoms with Crippen LogP contribution < -0.4 is 21.9 Å². The molecule has 6 N–H and O–H groups in total. The number of guanidine groups is 2. The number of halogens is 3. The highest BCUT2D eigenvalue weighted by molar-refractivity contribution is 5.94. The molecule has 0 heterocycles. The summed E-state index contributed by atoms with van der Waals surface area (Å²) >= 11 is 0. The zero-order valence-corrected chi connectivity index (χ0v) is 10.2. The summed E-state index contributed by atoms with van der Waals surface area (Å²) in [6, 6.07) is 2.28. The Bertz CT molecular complexity index is 609. The minimum Gasteiger partial charge on any atom is -0.403 e. The van der Waals surface area contributed by atoms with Crippen LogP contribution in [-0.2, 0) is 0 Å². The largest absolute Gasteiger partial charge is 0.573 e. The summed E-state index contributed by atoms with van der Waals surface area (Å²) in [6.45, 7) is 0. The van der Waals surface area contributed by atoms with Crippen LogP contribution in [-0.4, -0.2) is 23.2 Å². The van der Waals surface area contributed by atoms with Crippen LogP contribution in [0.4, 0.5) is 24.5 Å². The molecule has 1 aromatic rings. The molecule has 21 heavy (non-hydrogen) atoms. The van der Waals surface area contributed by atoms with Crippen LogP contribution in [0.3, 0.4) is 0 Å². The topological polar surface area (TPSA) is 155 Å². The van der Waals surface area contributed by atoms with Crippen molar-refractivity contribution in [1.82, 2.24) is 0 Å². The van der Waals surface area contributed by atoms with Crippen molar-refractivity contribution in [3.63, 3.8) is 0 Å². The molecule has 0 aliphatic rings. The molecule has 0 saturated carbocycles. The molecule has 0 fully saturated rings. The molecule has 0 aliphatic carbocycles. The molecule has 114 valence electrons. The van der Waals surface area contributed by atoms with Crippen LogP contribution >= 0.6 is 0 Å². The van der Waals surface area contributed by atoms with Gasteiger partial charge in [-0.1, -0.05) is 0 Å². The monoisotopic (exact) mass is 306 g/mol. The Morgan fingerprint density at radius 2 is 1.90 bits per heavy atom. The second kappa shape index (κ2) is 5.94. The lowest BCUT2D eigenvalue weighted by molar-refractivity contribution is -0.384. The Kier molecular flexibility index (Phi) is 4.53. The molecule has 1 rings (SSSR count). The fourth-order valence-corrected chi connectivity index (χ4v) is 1.20. The third-order valence-electron chi connectivity index (χ3n) is 1.86. The average Bonchev–Trinajstić information content (AvgIpc) is 2.28. The number of hydrogen-bond donors (Lipinski definition) is 3. The van der Waals surface area contributed by atoms with Gasteiger partial charge >= 0.3 is 6.36 Å².